The Kier molecular flexibility index (Phi) is 3.97. The molecule has 0 heterocycles. The minimum Gasteiger partial charge on any atom is -0.397 e. The van der Waals surface area contributed by atoms with E-state index in [9.17, 15) is 4.79 Å². The van der Waals surface area contributed by atoms with Gasteiger partial charge in [-0.15, -0.1) is 0 Å². The van der Waals surface area contributed by atoms with Gasteiger partial charge in [0.05, 0.1) is 26.6 Å². The van der Waals surface area contributed by atoms with Gasteiger partial charge in [0.15, 0.2) is 0 Å². The Balaban J connectivity index is 2.40. The molecule has 4 nitrogen and oxygen atoms in total. The lowest BCUT2D eigenvalue weighted by molar-refractivity contribution is 0.100. The van der Waals surface area contributed by atoms with E-state index in [2.05, 4.69) is 21.2 Å². The smallest absolute Gasteiger partial charge is 0.248 e. The summed E-state index contributed by atoms with van der Waals surface area (Å²) in [6, 6.07) is 10.2. The van der Waals surface area contributed by atoms with Gasteiger partial charge in [0.25, 0.3) is 0 Å². The Morgan fingerprint density at radius 2 is 1.95 bits per heavy atom. The fourth-order valence-corrected chi connectivity index (χ4v) is 2.10. The maximum Gasteiger partial charge on any atom is 0.248 e. The highest BCUT2D eigenvalue weighted by Gasteiger charge is 2.08. The van der Waals surface area contributed by atoms with Gasteiger partial charge in [-0.05, 0) is 46.3 Å². The number of primary amides is 1. The quantitative estimate of drug-likeness (QED) is 0.748. The number of carbonyl (C=O) groups excluding carboxylic acids is 1. The molecular formula is C13H11BrClN3O. The summed E-state index contributed by atoms with van der Waals surface area (Å²) in [5.41, 5.74) is 13.3. The zero-order valence-electron chi connectivity index (χ0n) is 9.78. The Hall–Kier alpha value is -1.72. The van der Waals surface area contributed by atoms with Crippen LogP contribution in [0.25, 0.3) is 0 Å². The van der Waals surface area contributed by atoms with Crippen molar-refractivity contribution in [1.29, 1.82) is 0 Å². The summed E-state index contributed by atoms with van der Waals surface area (Å²) in [5, 5.41) is 3.69. The van der Waals surface area contributed by atoms with E-state index in [0.29, 0.717) is 22.0 Å². The normalized spacial score (nSPS) is 10.2. The van der Waals surface area contributed by atoms with Gasteiger partial charge in [-0.25, -0.2) is 0 Å². The molecule has 0 radical (unpaired) electrons. The monoisotopic (exact) mass is 339 g/mol. The maximum atomic E-state index is 11.2. The van der Waals surface area contributed by atoms with Crippen LogP contribution in [0.15, 0.2) is 40.9 Å². The molecule has 0 saturated carbocycles. The number of halogens is 2. The first kappa shape index (κ1) is 13.7. The Morgan fingerprint density at radius 3 is 2.63 bits per heavy atom. The molecule has 0 aliphatic carbocycles. The minimum atomic E-state index is -0.506. The molecule has 0 spiro atoms. The Labute approximate surface area is 123 Å². The number of nitrogens with two attached hydrogens (primary N) is 2. The summed E-state index contributed by atoms with van der Waals surface area (Å²) in [5.74, 6) is -0.506. The predicted molar refractivity (Wildman–Crippen MR) is 81.8 cm³/mol. The number of nitrogen functional groups attached to an aromatic ring is 1. The van der Waals surface area contributed by atoms with Crippen LogP contribution in [0.2, 0.25) is 5.02 Å². The first-order chi connectivity index (χ1) is 8.99. The lowest BCUT2D eigenvalue weighted by Crippen LogP contribution is -2.11. The van der Waals surface area contributed by atoms with Crippen LogP contribution >= 0.6 is 27.5 Å². The number of carbonyl (C=O) groups is 1. The van der Waals surface area contributed by atoms with E-state index in [1.807, 2.05) is 12.1 Å². The van der Waals surface area contributed by atoms with Crippen molar-refractivity contribution in [2.45, 2.75) is 0 Å². The number of amides is 1. The van der Waals surface area contributed by atoms with Crippen molar-refractivity contribution in [2.75, 3.05) is 11.1 Å². The van der Waals surface area contributed by atoms with Crippen LogP contribution in [0.4, 0.5) is 17.1 Å². The molecule has 1 amide bonds. The molecule has 2 aromatic carbocycles. The van der Waals surface area contributed by atoms with Crippen molar-refractivity contribution < 1.29 is 4.79 Å². The lowest BCUT2D eigenvalue weighted by Gasteiger charge is -2.12. The SMILES string of the molecule is NC(=O)c1ccc(N)c(Nc2cccc(Cl)c2Br)c1. The van der Waals surface area contributed by atoms with E-state index >= 15 is 0 Å². The summed E-state index contributed by atoms with van der Waals surface area (Å²) in [6.45, 7) is 0. The summed E-state index contributed by atoms with van der Waals surface area (Å²) in [4.78, 5) is 11.2. The van der Waals surface area contributed by atoms with E-state index in [0.717, 1.165) is 10.2 Å². The number of hydrogen-bond acceptors (Lipinski definition) is 3. The first-order valence-corrected chi connectivity index (χ1v) is 6.56. The molecule has 2 rings (SSSR count). The molecule has 19 heavy (non-hydrogen) atoms. The van der Waals surface area contributed by atoms with E-state index < -0.39 is 5.91 Å². The molecule has 5 N–H and O–H groups in total. The molecule has 0 saturated heterocycles. The Morgan fingerprint density at radius 1 is 1.21 bits per heavy atom. The van der Waals surface area contributed by atoms with Crippen LogP contribution in [0.3, 0.4) is 0 Å². The van der Waals surface area contributed by atoms with Crippen LogP contribution in [0.5, 0.6) is 0 Å². The third kappa shape index (κ3) is 3.00. The molecule has 0 fully saturated rings. The second kappa shape index (κ2) is 5.50. The standard InChI is InChI=1S/C13H11BrClN3O/c14-12-8(15)2-1-3-10(12)18-11-6-7(13(17)19)4-5-9(11)16/h1-6,18H,16H2,(H2,17,19). The van der Waals surface area contributed by atoms with Crippen LogP contribution in [0.1, 0.15) is 10.4 Å². The summed E-state index contributed by atoms with van der Waals surface area (Å²) in [7, 11) is 0. The van der Waals surface area contributed by atoms with Crippen molar-refractivity contribution in [3.63, 3.8) is 0 Å². The highest BCUT2D eigenvalue weighted by molar-refractivity contribution is 9.10. The second-order valence-corrected chi connectivity index (χ2v) is 5.09. The average molecular weight is 341 g/mol. The van der Waals surface area contributed by atoms with Gasteiger partial charge in [0.1, 0.15) is 0 Å². The first-order valence-electron chi connectivity index (χ1n) is 5.39. The van der Waals surface area contributed by atoms with Gasteiger partial charge in [0.2, 0.25) is 5.91 Å². The summed E-state index contributed by atoms with van der Waals surface area (Å²) in [6.07, 6.45) is 0. The molecule has 0 atom stereocenters. The molecule has 2 aromatic rings. The van der Waals surface area contributed by atoms with E-state index in [1.165, 1.54) is 0 Å². The highest BCUT2D eigenvalue weighted by Crippen LogP contribution is 2.33. The second-order valence-electron chi connectivity index (χ2n) is 3.89. The lowest BCUT2D eigenvalue weighted by atomic mass is 10.1. The van der Waals surface area contributed by atoms with E-state index in [-0.39, 0.29) is 0 Å². The summed E-state index contributed by atoms with van der Waals surface area (Å²) < 4.78 is 0.723. The zero-order valence-corrected chi connectivity index (χ0v) is 12.1. The fraction of sp³-hybridized carbons (Fsp3) is 0. The number of anilines is 3. The van der Waals surface area contributed by atoms with Gasteiger partial charge >= 0.3 is 0 Å². The van der Waals surface area contributed by atoms with E-state index in [4.69, 9.17) is 23.1 Å². The maximum absolute atomic E-state index is 11.2. The van der Waals surface area contributed by atoms with Gasteiger partial charge < -0.3 is 16.8 Å². The topological polar surface area (TPSA) is 81.1 Å². The van der Waals surface area contributed by atoms with Crippen LogP contribution < -0.4 is 16.8 Å². The number of nitrogens with one attached hydrogen (secondary N) is 1. The zero-order chi connectivity index (χ0) is 14.0. The predicted octanol–water partition coefficient (Wildman–Crippen LogP) is 3.53. The van der Waals surface area contributed by atoms with Gasteiger partial charge in [-0.1, -0.05) is 17.7 Å². The third-order valence-electron chi connectivity index (χ3n) is 2.56. The Bertz CT molecular complexity index is 646. The number of hydrogen-bond donors (Lipinski definition) is 3. The van der Waals surface area contributed by atoms with Gasteiger partial charge in [-0.2, -0.15) is 0 Å². The number of rotatable bonds is 3. The molecule has 0 aliphatic rings. The van der Waals surface area contributed by atoms with Crippen molar-refractivity contribution in [3.05, 3.63) is 51.5 Å². The molecule has 0 aliphatic heterocycles. The number of benzene rings is 2. The minimum absolute atomic E-state index is 0.384. The third-order valence-corrected chi connectivity index (χ3v) is 3.96. The van der Waals surface area contributed by atoms with Crippen LogP contribution in [-0.2, 0) is 0 Å². The van der Waals surface area contributed by atoms with Gasteiger partial charge in [-0.3, -0.25) is 4.79 Å². The molecule has 0 bridgehead atoms. The average Bonchev–Trinajstić information content (AvgIpc) is 2.37. The molecule has 0 aromatic heterocycles. The largest absolute Gasteiger partial charge is 0.397 e. The van der Waals surface area contributed by atoms with Crippen LogP contribution in [-0.4, -0.2) is 5.91 Å². The molecule has 98 valence electrons. The fourth-order valence-electron chi connectivity index (χ4n) is 1.56. The van der Waals surface area contributed by atoms with Crippen LogP contribution in [0, 0.1) is 0 Å². The van der Waals surface area contributed by atoms with Crippen molar-refractivity contribution in [2.24, 2.45) is 5.73 Å². The van der Waals surface area contributed by atoms with Crippen molar-refractivity contribution in [1.82, 2.24) is 0 Å². The molecule has 0 unspecified atom stereocenters. The van der Waals surface area contributed by atoms with Crippen molar-refractivity contribution in [3.8, 4) is 0 Å². The molecular weight excluding hydrogens is 330 g/mol. The van der Waals surface area contributed by atoms with Crippen molar-refractivity contribution >= 4 is 50.5 Å². The molecule has 6 heteroatoms. The van der Waals surface area contributed by atoms with E-state index in [1.54, 1.807) is 24.3 Å². The van der Waals surface area contributed by atoms with Gasteiger partial charge in [0, 0.05) is 5.56 Å². The summed E-state index contributed by atoms with van der Waals surface area (Å²) >= 11 is 9.39. The highest BCUT2D eigenvalue weighted by atomic mass is 79.9.